The summed E-state index contributed by atoms with van der Waals surface area (Å²) in [6.45, 7) is 4.91. The fraction of sp³-hybridized carbons (Fsp3) is 0.0857. The van der Waals surface area contributed by atoms with Gasteiger partial charge in [-0.3, -0.25) is 4.79 Å². The number of carbonyl (C=O) groups excluding carboxylic acids is 1. The molecule has 4 aromatic carbocycles. The molecule has 0 aliphatic heterocycles. The van der Waals surface area contributed by atoms with E-state index in [1.807, 2.05) is 17.5 Å². The monoisotopic (exact) mass is 730 g/mol. The molecule has 41 heavy (non-hydrogen) atoms. The van der Waals surface area contributed by atoms with Crippen LogP contribution in [0.3, 0.4) is 0 Å². The summed E-state index contributed by atoms with van der Waals surface area (Å²) in [4.78, 5) is 14.6. The van der Waals surface area contributed by atoms with Crippen molar-refractivity contribution in [3.05, 3.63) is 109 Å². The third-order valence-corrected chi connectivity index (χ3v) is 8.56. The minimum absolute atomic E-state index is 0. The Bertz CT molecular complexity index is 2270. The summed E-state index contributed by atoms with van der Waals surface area (Å²) in [6, 6.07) is 32.1. The molecule has 4 aromatic heterocycles. The second-order valence-electron chi connectivity index (χ2n) is 10.2. The van der Waals surface area contributed by atoms with Gasteiger partial charge < -0.3 is 14.5 Å². The number of aliphatic hydroxyl groups is 1. The summed E-state index contributed by atoms with van der Waals surface area (Å²) in [5.74, 6) is -0.0625. The van der Waals surface area contributed by atoms with Crippen LogP contribution in [0.5, 0.6) is 0 Å². The van der Waals surface area contributed by atoms with E-state index in [1.165, 1.54) is 83.8 Å². The molecule has 6 heteroatoms. The molecule has 203 valence electrons. The van der Waals surface area contributed by atoms with E-state index in [2.05, 4.69) is 101 Å². The number of allylic oxidation sites excluding steroid dienone is 2. The fourth-order valence-corrected chi connectivity index (χ4v) is 7.01. The maximum Gasteiger partial charge on any atom is 0.155 e. The summed E-state index contributed by atoms with van der Waals surface area (Å²) >= 11 is 1.90. The van der Waals surface area contributed by atoms with Crippen LogP contribution in [0.4, 0.5) is 0 Å². The molecular weight excluding hydrogens is 705 g/mol. The number of rotatable bonds is 2. The Hall–Kier alpha value is -4.09. The topological polar surface area (TPSA) is 54.6 Å². The molecule has 8 rings (SSSR count). The van der Waals surface area contributed by atoms with Crippen molar-refractivity contribution in [1.82, 2.24) is 9.38 Å². The number of pyridine rings is 1. The van der Waals surface area contributed by atoms with E-state index >= 15 is 0 Å². The van der Waals surface area contributed by atoms with Crippen molar-refractivity contribution in [3.63, 3.8) is 0 Å². The van der Waals surface area contributed by atoms with Gasteiger partial charge >= 0.3 is 0 Å². The number of fused-ring (bicyclic) bond motifs is 10. The molecule has 0 fully saturated rings. The molecular formula is C35H25IrN2O2S-. The first-order chi connectivity index (χ1) is 19.4. The maximum absolute atomic E-state index is 10.0. The van der Waals surface area contributed by atoms with Crippen LogP contribution in [0.2, 0.25) is 0 Å². The van der Waals surface area contributed by atoms with Gasteiger partial charge in [0.05, 0.1) is 11.3 Å². The first-order valence-electron chi connectivity index (χ1n) is 13.2. The summed E-state index contributed by atoms with van der Waals surface area (Å²) in [7, 11) is 0. The minimum atomic E-state index is -0.125. The van der Waals surface area contributed by atoms with Gasteiger partial charge in [0.15, 0.2) is 5.78 Å². The Balaban J connectivity index is 0.000000340. The normalized spacial score (nSPS) is 11.9. The Morgan fingerprint density at radius 2 is 1.68 bits per heavy atom. The van der Waals surface area contributed by atoms with Crippen molar-refractivity contribution in [2.24, 2.45) is 0 Å². The van der Waals surface area contributed by atoms with E-state index in [-0.39, 0.29) is 31.6 Å². The molecule has 0 saturated carbocycles. The van der Waals surface area contributed by atoms with Gasteiger partial charge in [0.2, 0.25) is 0 Å². The van der Waals surface area contributed by atoms with Crippen LogP contribution in [0.25, 0.3) is 69.5 Å². The predicted molar refractivity (Wildman–Crippen MR) is 168 cm³/mol. The van der Waals surface area contributed by atoms with Crippen LogP contribution in [0.15, 0.2) is 96.9 Å². The number of hydrogen-bond acceptors (Lipinski definition) is 4. The van der Waals surface area contributed by atoms with Gasteiger partial charge in [-0.2, -0.15) is 0 Å². The number of aromatic nitrogens is 2. The molecule has 0 unspecified atom stereocenters. The Morgan fingerprint density at radius 3 is 2.41 bits per heavy atom. The molecule has 1 radical (unpaired) electrons. The van der Waals surface area contributed by atoms with Gasteiger partial charge in [0.25, 0.3) is 0 Å². The Morgan fingerprint density at radius 1 is 0.902 bits per heavy atom. The molecule has 1 N–H and O–H groups in total. The molecule has 0 saturated heterocycles. The SMILES string of the molecule is CC(=O)/C=C(/C)O.Cc1ccc(-c2[c-]cc3c(c2)c2cccc4c5c6sc7ccccc7c6ccc5n3c24)nc1.[Ir]. The second-order valence-corrected chi connectivity index (χ2v) is 11.3. The molecule has 4 nitrogen and oxygen atoms in total. The first-order valence-corrected chi connectivity index (χ1v) is 14.0. The van der Waals surface area contributed by atoms with Crippen molar-refractivity contribution in [2.75, 3.05) is 0 Å². The number of carbonyl (C=O) groups is 1. The van der Waals surface area contributed by atoms with Crippen LogP contribution in [0.1, 0.15) is 19.4 Å². The van der Waals surface area contributed by atoms with Gasteiger partial charge in [-0.25, -0.2) is 0 Å². The van der Waals surface area contributed by atoms with Crippen molar-refractivity contribution >= 4 is 75.4 Å². The number of aryl methyl sites for hydroxylation is 1. The third kappa shape index (κ3) is 4.40. The summed E-state index contributed by atoms with van der Waals surface area (Å²) in [5, 5.41) is 16.3. The number of thiophene rings is 1. The van der Waals surface area contributed by atoms with Gasteiger partial charge in [-0.1, -0.05) is 60.0 Å². The average molecular weight is 730 g/mol. The zero-order valence-corrected chi connectivity index (χ0v) is 25.9. The summed E-state index contributed by atoms with van der Waals surface area (Å²) < 4.78 is 5.16. The number of para-hydroxylation sites is 1. The fourth-order valence-electron chi connectivity index (χ4n) is 5.75. The number of ketones is 1. The summed E-state index contributed by atoms with van der Waals surface area (Å²) in [6.07, 6.45) is 3.09. The predicted octanol–water partition coefficient (Wildman–Crippen LogP) is 9.41. The third-order valence-electron chi connectivity index (χ3n) is 7.35. The molecule has 0 spiro atoms. The number of benzene rings is 4. The minimum Gasteiger partial charge on any atom is -0.512 e. The number of nitrogens with zero attached hydrogens (tertiary/aromatic N) is 2. The van der Waals surface area contributed by atoms with Gasteiger partial charge in [0.1, 0.15) is 0 Å². The van der Waals surface area contributed by atoms with E-state index in [9.17, 15) is 4.79 Å². The molecule has 0 aliphatic carbocycles. The van der Waals surface area contributed by atoms with Crippen LogP contribution in [-0.4, -0.2) is 20.3 Å². The van der Waals surface area contributed by atoms with Crippen molar-refractivity contribution in [2.45, 2.75) is 20.8 Å². The average Bonchev–Trinajstić information content (AvgIpc) is 3.59. The van der Waals surface area contributed by atoms with E-state index in [1.54, 1.807) is 0 Å². The van der Waals surface area contributed by atoms with Crippen molar-refractivity contribution in [1.29, 1.82) is 0 Å². The van der Waals surface area contributed by atoms with E-state index in [0.717, 1.165) is 11.3 Å². The van der Waals surface area contributed by atoms with Gasteiger partial charge in [-0.15, -0.1) is 35.1 Å². The van der Waals surface area contributed by atoms with Gasteiger partial charge in [0, 0.05) is 68.8 Å². The van der Waals surface area contributed by atoms with E-state index in [4.69, 9.17) is 5.11 Å². The van der Waals surface area contributed by atoms with Crippen LogP contribution < -0.4 is 0 Å². The standard InChI is InChI=1S/C30H17N2S.C5H8O2.Ir/c1-17-9-12-24(31-16-17)18-10-13-25-23(15-18)20-6-4-7-22-28-26(32(25)29(20)22)14-11-21-19-5-2-3-8-27(19)33-30(21)28;1-4(6)3-5(2)7;/h2-9,11-16H,1H3;3,6H,1-2H3;/q-1;;/b;4-3-;. The zero-order valence-electron chi connectivity index (χ0n) is 22.7. The molecule has 0 aliphatic rings. The van der Waals surface area contributed by atoms with Crippen LogP contribution >= 0.6 is 11.3 Å². The molecule has 0 bridgehead atoms. The van der Waals surface area contributed by atoms with E-state index < -0.39 is 0 Å². The smallest absolute Gasteiger partial charge is 0.155 e. The van der Waals surface area contributed by atoms with Crippen molar-refractivity contribution < 1.29 is 30.0 Å². The van der Waals surface area contributed by atoms with E-state index in [0.29, 0.717) is 0 Å². The van der Waals surface area contributed by atoms with Crippen molar-refractivity contribution in [3.8, 4) is 11.3 Å². The molecule has 0 atom stereocenters. The maximum atomic E-state index is 10.0. The Labute approximate surface area is 254 Å². The number of hydrogen-bond donors (Lipinski definition) is 1. The zero-order chi connectivity index (χ0) is 27.5. The first kappa shape index (κ1) is 27.1. The quantitative estimate of drug-likeness (QED) is 0.110. The molecule has 8 aromatic rings. The largest absolute Gasteiger partial charge is 0.512 e. The summed E-state index contributed by atoms with van der Waals surface area (Å²) in [5.41, 5.74) is 6.93. The van der Waals surface area contributed by atoms with Crippen LogP contribution in [0, 0.1) is 13.0 Å². The molecule has 4 heterocycles. The number of aliphatic hydroxyl groups excluding tert-OH is 1. The van der Waals surface area contributed by atoms with Crippen LogP contribution in [-0.2, 0) is 24.9 Å². The Kier molecular flexibility index (Phi) is 6.86. The second kappa shape index (κ2) is 10.4. The molecule has 0 amide bonds. The van der Waals surface area contributed by atoms with Gasteiger partial charge in [-0.05, 0) is 55.1 Å².